The molecule has 0 aliphatic carbocycles. The molecule has 1 saturated heterocycles. The Labute approximate surface area is 279 Å². The first-order valence-electron chi connectivity index (χ1n) is 17.6. The first-order chi connectivity index (χ1) is 22.7. The molecule has 46 heavy (non-hydrogen) atoms. The normalized spacial score (nSPS) is 13.8. The number of anilines is 1. The lowest BCUT2D eigenvalue weighted by molar-refractivity contribution is 0.198. The van der Waals surface area contributed by atoms with Crippen LogP contribution in [0, 0.1) is 0 Å². The molecule has 0 atom stereocenters. The Morgan fingerprint density at radius 3 is 2.41 bits per heavy atom. The first kappa shape index (κ1) is 34.0. The van der Waals surface area contributed by atoms with Crippen molar-refractivity contribution in [2.75, 3.05) is 50.8 Å². The number of carbonyl (C=O) groups excluding carboxylic acids is 1. The van der Waals surface area contributed by atoms with Gasteiger partial charge in [0.2, 0.25) is 5.88 Å². The van der Waals surface area contributed by atoms with E-state index in [1.54, 1.807) is 6.07 Å². The van der Waals surface area contributed by atoms with Crippen LogP contribution in [-0.4, -0.2) is 61.9 Å². The van der Waals surface area contributed by atoms with Gasteiger partial charge in [-0.05, 0) is 67.6 Å². The van der Waals surface area contributed by atoms with Gasteiger partial charge < -0.3 is 19.7 Å². The van der Waals surface area contributed by atoms with Gasteiger partial charge in [-0.1, -0.05) is 70.8 Å². The maximum absolute atomic E-state index is 12.3. The Balaban J connectivity index is 0.942. The molecule has 1 fully saturated rings. The average Bonchev–Trinajstić information content (AvgIpc) is 3.57. The highest BCUT2D eigenvalue weighted by Gasteiger charge is 2.18. The summed E-state index contributed by atoms with van der Waals surface area (Å²) in [7, 11) is 0. The van der Waals surface area contributed by atoms with Crippen molar-refractivity contribution in [3.05, 3.63) is 60.0 Å². The molecule has 4 aromatic rings. The van der Waals surface area contributed by atoms with Gasteiger partial charge in [0, 0.05) is 66.0 Å². The van der Waals surface area contributed by atoms with Crippen molar-refractivity contribution in [1.29, 1.82) is 0 Å². The molecule has 1 N–H and O–H groups in total. The van der Waals surface area contributed by atoms with E-state index in [-0.39, 0.29) is 0 Å². The maximum Gasteiger partial charge on any atom is 0.413 e. The number of fused-ring (bicyclic) bond motifs is 2. The molecule has 1 amide bonds. The van der Waals surface area contributed by atoms with Crippen molar-refractivity contribution in [3.8, 4) is 11.6 Å². The molecule has 1 aliphatic rings. The van der Waals surface area contributed by atoms with Crippen LogP contribution in [0.4, 0.5) is 10.5 Å². The van der Waals surface area contributed by atoms with E-state index in [1.165, 1.54) is 67.1 Å². The minimum atomic E-state index is -0.448. The number of rotatable bonds is 19. The number of unbranched alkanes of at least 4 members (excludes halogenated alkanes) is 10. The summed E-state index contributed by atoms with van der Waals surface area (Å²) >= 11 is 1.82. The Hall–Kier alpha value is -3.36. The first-order valence-corrected chi connectivity index (χ1v) is 18.5. The number of thiophene rings is 1. The van der Waals surface area contributed by atoms with E-state index >= 15 is 0 Å². The minimum absolute atomic E-state index is 0.303. The number of nitrogens with one attached hydrogen (secondary N) is 1. The fraction of sp³-hybridized carbons (Fsp3) is 0.526. The van der Waals surface area contributed by atoms with E-state index in [1.807, 2.05) is 35.6 Å². The molecule has 0 spiro atoms. The summed E-state index contributed by atoms with van der Waals surface area (Å²) in [5.74, 6) is 1.09. The summed E-state index contributed by atoms with van der Waals surface area (Å²) in [6.07, 6.45) is 14.4. The Morgan fingerprint density at radius 2 is 1.61 bits per heavy atom. The zero-order valence-corrected chi connectivity index (χ0v) is 28.5. The summed E-state index contributed by atoms with van der Waals surface area (Å²) in [5.41, 5.74) is 2.13. The van der Waals surface area contributed by atoms with Crippen LogP contribution in [0.5, 0.6) is 11.6 Å². The quantitative estimate of drug-likeness (QED) is 0.103. The van der Waals surface area contributed by atoms with E-state index < -0.39 is 6.09 Å². The van der Waals surface area contributed by atoms with Gasteiger partial charge in [-0.15, -0.1) is 11.3 Å². The lowest BCUT2D eigenvalue weighted by Gasteiger charge is -2.36. The number of carbonyl (C=O) groups is 1. The van der Waals surface area contributed by atoms with Gasteiger partial charge in [0.25, 0.3) is 0 Å². The van der Waals surface area contributed by atoms with Crippen LogP contribution in [0.15, 0.2) is 60.0 Å². The number of nitrogens with zero attached hydrogens (tertiary/aromatic N) is 3. The zero-order valence-electron chi connectivity index (χ0n) is 27.7. The summed E-state index contributed by atoms with van der Waals surface area (Å²) < 4.78 is 12.9. The minimum Gasteiger partial charge on any atom is -0.494 e. The van der Waals surface area contributed by atoms with Crippen LogP contribution in [0.2, 0.25) is 0 Å². The topological polar surface area (TPSA) is 66.9 Å². The van der Waals surface area contributed by atoms with Gasteiger partial charge >= 0.3 is 6.09 Å². The molecule has 8 heteroatoms. The predicted octanol–water partition coefficient (Wildman–Crippen LogP) is 9.44. The fourth-order valence-corrected chi connectivity index (χ4v) is 7.06. The molecule has 7 nitrogen and oxygen atoms in total. The molecule has 3 heterocycles. The highest BCUT2D eigenvalue weighted by atomic mass is 32.1. The second-order valence-electron chi connectivity index (χ2n) is 12.5. The summed E-state index contributed by atoms with van der Waals surface area (Å²) in [5, 5.41) is 7.42. The van der Waals surface area contributed by atoms with Crippen LogP contribution >= 0.6 is 11.3 Å². The SMILES string of the molecule is CCCCCCCCCCCCNC(=O)Oc1ccc2ccc(OCCCCN3CCN(c4cccc5sccc45)CC3)cc2n1. The molecule has 248 valence electrons. The molecular weight excluding hydrogens is 593 g/mol. The second kappa shape index (κ2) is 18.7. The van der Waals surface area contributed by atoms with E-state index in [2.05, 4.69) is 56.7 Å². The zero-order chi connectivity index (χ0) is 31.8. The molecule has 0 saturated carbocycles. The Bertz CT molecular complexity index is 1480. The number of benzene rings is 2. The number of ether oxygens (including phenoxy) is 2. The third kappa shape index (κ3) is 10.6. The van der Waals surface area contributed by atoms with Crippen molar-refractivity contribution >= 4 is 44.1 Å². The number of piperazine rings is 1. The van der Waals surface area contributed by atoms with Crippen molar-refractivity contribution in [3.63, 3.8) is 0 Å². The van der Waals surface area contributed by atoms with Crippen LogP contribution in [0.1, 0.15) is 84.0 Å². The molecule has 0 radical (unpaired) electrons. The maximum atomic E-state index is 12.3. The summed E-state index contributed by atoms with van der Waals surface area (Å²) in [6.45, 7) is 8.99. The van der Waals surface area contributed by atoms with Crippen molar-refractivity contribution in [2.24, 2.45) is 0 Å². The highest BCUT2D eigenvalue weighted by molar-refractivity contribution is 7.17. The van der Waals surface area contributed by atoms with Gasteiger partial charge in [0.15, 0.2) is 0 Å². The largest absolute Gasteiger partial charge is 0.494 e. The molecule has 5 rings (SSSR count). The van der Waals surface area contributed by atoms with Gasteiger partial charge in [-0.2, -0.15) is 0 Å². The standard InChI is InChI=1S/C38H52N4O3S/c1-2-3-4-5-6-7-8-9-10-11-22-39-38(43)45-37-20-18-31-17-19-32(30-34(31)40-37)44-28-13-12-23-41-24-26-42(27-25-41)35-15-14-16-36-33(35)21-29-46-36/h14-21,29-30H,2-13,22-28H2,1H3,(H,39,43). The van der Waals surface area contributed by atoms with Crippen molar-refractivity contribution in [1.82, 2.24) is 15.2 Å². The smallest absolute Gasteiger partial charge is 0.413 e. The van der Waals surface area contributed by atoms with Crippen LogP contribution in [0.25, 0.3) is 21.0 Å². The number of pyridine rings is 1. The Kier molecular flexibility index (Phi) is 13.8. The van der Waals surface area contributed by atoms with Gasteiger partial charge in [0.05, 0.1) is 12.1 Å². The number of amides is 1. The van der Waals surface area contributed by atoms with Crippen molar-refractivity contribution < 1.29 is 14.3 Å². The molecular formula is C38H52N4O3S. The average molecular weight is 645 g/mol. The second-order valence-corrected chi connectivity index (χ2v) is 13.4. The summed E-state index contributed by atoms with van der Waals surface area (Å²) in [4.78, 5) is 22.0. The molecule has 0 unspecified atom stereocenters. The fourth-order valence-electron chi connectivity index (χ4n) is 6.25. The lowest BCUT2D eigenvalue weighted by Crippen LogP contribution is -2.46. The lowest BCUT2D eigenvalue weighted by atomic mass is 10.1. The van der Waals surface area contributed by atoms with E-state index in [4.69, 9.17) is 9.47 Å². The predicted molar refractivity (Wildman–Crippen MR) is 193 cm³/mol. The monoisotopic (exact) mass is 644 g/mol. The summed E-state index contributed by atoms with van der Waals surface area (Å²) in [6, 6.07) is 18.5. The van der Waals surface area contributed by atoms with Crippen LogP contribution < -0.4 is 19.7 Å². The van der Waals surface area contributed by atoms with Gasteiger partial charge in [-0.25, -0.2) is 9.78 Å². The van der Waals surface area contributed by atoms with E-state index in [9.17, 15) is 4.79 Å². The molecule has 0 bridgehead atoms. The van der Waals surface area contributed by atoms with Gasteiger partial charge in [0.1, 0.15) is 5.75 Å². The van der Waals surface area contributed by atoms with Crippen LogP contribution in [0.3, 0.4) is 0 Å². The van der Waals surface area contributed by atoms with Crippen LogP contribution in [-0.2, 0) is 0 Å². The van der Waals surface area contributed by atoms with E-state index in [0.29, 0.717) is 19.0 Å². The van der Waals surface area contributed by atoms with Crippen molar-refractivity contribution in [2.45, 2.75) is 84.0 Å². The number of aromatic nitrogens is 1. The number of hydrogen-bond acceptors (Lipinski definition) is 7. The highest BCUT2D eigenvalue weighted by Crippen LogP contribution is 2.31. The molecule has 2 aromatic heterocycles. The third-order valence-corrected chi connectivity index (χ3v) is 9.84. The molecule has 1 aliphatic heterocycles. The van der Waals surface area contributed by atoms with E-state index in [0.717, 1.165) is 75.1 Å². The van der Waals surface area contributed by atoms with Gasteiger partial charge in [-0.3, -0.25) is 4.90 Å². The molecule has 2 aromatic carbocycles. The third-order valence-electron chi connectivity index (χ3n) is 8.96. The number of hydrogen-bond donors (Lipinski definition) is 1. The Morgan fingerprint density at radius 1 is 0.848 bits per heavy atom.